The van der Waals surface area contributed by atoms with Crippen molar-refractivity contribution >= 4 is 68.2 Å². The van der Waals surface area contributed by atoms with Crippen LogP contribution >= 0.6 is 39.3 Å². The van der Waals surface area contributed by atoms with E-state index in [1.165, 1.54) is 30.3 Å². The summed E-state index contributed by atoms with van der Waals surface area (Å²) in [5.74, 6) is -1.08. The molecule has 11 heteroatoms. The molecule has 0 aromatic heterocycles. The molecule has 3 aromatic carbocycles. The molecule has 1 aliphatic heterocycles. The molecule has 176 valence electrons. The zero-order valence-electron chi connectivity index (χ0n) is 17.6. The quantitative estimate of drug-likeness (QED) is 0.109. The van der Waals surface area contributed by atoms with E-state index in [0.717, 1.165) is 4.90 Å². The van der Waals surface area contributed by atoms with E-state index in [-0.39, 0.29) is 34.0 Å². The Balaban J connectivity index is 1.61. The highest BCUT2D eigenvalue weighted by atomic mass is 79.9. The molecule has 0 unspecified atom stereocenters. The van der Waals surface area contributed by atoms with Crippen LogP contribution in [0.25, 0.3) is 6.08 Å². The second kappa shape index (κ2) is 10.4. The van der Waals surface area contributed by atoms with Gasteiger partial charge in [0.15, 0.2) is 0 Å². The lowest BCUT2D eigenvalue weighted by Gasteiger charge is -2.12. The average molecular weight is 574 g/mol. The van der Waals surface area contributed by atoms with Gasteiger partial charge in [0.1, 0.15) is 5.75 Å². The minimum Gasteiger partial charge on any atom is -0.422 e. The second-order valence-electron chi connectivity index (χ2n) is 7.24. The van der Waals surface area contributed by atoms with Gasteiger partial charge >= 0.3 is 5.97 Å². The van der Waals surface area contributed by atoms with Crippen LogP contribution in [0.4, 0.5) is 10.5 Å². The number of benzene rings is 3. The Labute approximate surface area is 216 Å². The van der Waals surface area contributed by atoms with Crippen molar-refractivity contribution in [3.8, 4) is 5.75 Å². The highest BCUT2D eigenvalue weighted by Crippen LogP contribution is 2.36. The monoisotopic (exact) mass is 572 g/mol. The third-order valence-corrected chi connectivity index (χ3v) is 6.55. The van der Waals surface area contributed by atoms with Crippen molar-refractivity contribution in [2.24, 2.45) is 0 Å². The highest BCUT2D eigenvalue weighted by molar-refractivity contribution is 9.10. The Hall–Kier alpha value is -3.47. The molecule has 35 heavy (non-hydrogen) atoms. The minimum atomic E-state index is -0.644. The minimum absolute atomic E-state index is 0.0896. The number of nitrogens with zero attached hydrogens (tertiary/aromatic N) is 2. The van der Waals surface area contributed by atoms with Gasteiger partial charge in [-0.1, -0.05) is 51.8 Å². The molecule has 0 bridgehead atoms. The first-order chi connectivity index (χ1) is 16.7. The van der Waals surface area contributed by atoms with Gasteiger partial charge in [0.05, 0.1) is 21.9 Å². The highest BCUT2D eigenvalue weighted by Gasteiger charge is 2.36. The number of imide groups is 1. The molecule has 1 heterocycles. The maximum atomic E-state index is 13.0. The molecule has 1 saturated heterocycles. The molecule has 0 saturated carbocycles. The third kappa shape index (κ3) is 5.61. The zero-order chi connectivity index (χ0) is 25.1. The summed E-state index contributed by atoms with van der Waals surface area (Å²) in [6.07, 6.45) is 1.44. The van der Waals surface area contributed by atoms with E-state index in [1.54, 1.807) is 42.5 Å². The summed E-state index contributed by atoms with van der Waals surface area (Å²) in [4.78, 5) is 49.9. The largest absolute Gasteiger partial charge is 0.422 e. The number of amides is 2. The Morgan fingerprint density at radius 3 is 2.63 bits per heavy atom. The van der Waals surface area contributed by atoms with Gasteiger partial charge in [0.25, 0.3) is 16.8 Å². The fraction of sp³-hybridized carbons (Fsp3) is 0.0417. The lowest BCUT2D eigenvalue weighted by molar-refractivity contribution is -0.385. The fourth-order valence-electron chi connectivity index (χ4n) is 3.27. The maximum Gasteiger partial charge on any atom is 0.343 e. The summed E-state index contributed by atoms with van der Waals surface area (Å²) >= 11 is 10.00. The smallest absolute Gasteiger partial charge is 0.343 e. The molecule has 0 N–H and O–H groups in total. The SMILES string of the molecule is O=C(Oc1ccc(Br)cc1/C=C1\SC(=O)N(Cc2ccccc2[N+](=O)[O-])C1=O)c1cccc(Cl)c1. The number of halogens is 2. The predicted molar refractivity (Wildman–Crippen MR) is 135 cm³/mol. The van der Waals surface area contributed by atoms with Gasteiger partial charge in [-0.25, -0.2) is 4.79 Å². The number of rotatable bonds is 6. The van der Waals surface area contributed by atoms with E-state index in [4.69, 9.17) is 16.3 Å². The number of esters is 1. The lowest BCUT2D eigenvalue weighted by Crippen LogP contribution is -2.27. The summed E-state index contributed by atoms with van der Waals surface area (Å²) in [7, 11) is 0. The van der Waals surface area contributed by atoms with Crippen molar-refractivity contribution in [2.75, 3.05) is 0 Å². The van der Waals surface area contributed by atoms with Gasteiger partial charge in [-0.3, -0.25) is 24.6 Å². The van der Waals surface area contributed by atoms with Crippen molar-refractivity contribution in [3.63, 3.8) is 0 Å². The molecule has 2 amide bonds. The molecule has 1 fully saturated rings. The van der Waals surface area contributed by atoms with E-state index in [2.05, 4.69) is 15.9 Å². The Morgan fingerprint density at radius 2 is 1.89 bits per heavy atom. The van der Waals surface area contributed by atoms with Crippen molar-refractivity contribution in [1.29, 1.82) is 0 Å². The number of hydrogen-bond donors (Lipinski definition) is 0. The van der Waals surface area contributed by atoms with Crippen molar-refractivity contribution < 1.29 is 24.0 Å². The molecular formula is C24H14BrClN2O6S. The molecule has 1 aliphatic rings. The van der Waals surface area contributed by atoms with E-state index in [1.807, 2.05) is 0 Å². The predicted octanol–water partition coefficient (Wildman–Crippen LogP) is 6.47. The van der Waals surface area contributed by atoms with Crippen molar-refractivity contribution in [1.82, 2.24) is 4.90 Å². The van der Waals surface area contributed by atoms with Gasteiger partial charge < -0.3 is 4.74 Å². The van der Waals surface area contributed by atoms with E-state index < -0.39 is 22.0 Å². The van der Waals surface area contributed by atoms with Gasteiger partial charge in [0.2, 0.25) is 0 Å². The number of carbonyl (C=O) groups excluding carboxylic acids is 3. The van der Waals surface area contributed by atoms with Gasteiger partial charge in [0, 0.05) is 26.7 Å². The molecule has 0 atom stereocenters. The molecule has 3 aromatic rings. The Kier molecular flexibility index (Phi) is 7.34. The van der Waals surface area contributed by atoms with E-state index in [0.29, 0.717) is 26.8 Å². The average Bonchev–Trinajstić information content (AvgIpc) is 3.08. The van der Waals surface area contributed by atoms with E-state index in [9.17, 15) is 24.5 Å². The maximum absolute atomic E-state index is 13.0. The molecule has 8 nitrogen and oxygen atoms in total. The van der Waals surface area contributed by atoms with Crippen LogP contribution in [0.2, 0.25) is 5.02 Å². The van der Waals surface area contributed by atoms with Crippen LogP contribution in [0.15, 0.2) is 76.1 Å². The van der Waals surface area contributed by atoms with Crippen LogP contribution in [0.1, 0.15) is 21.5 Å². The first-order valence-electron chi connectivity index (χ1n) is 9.98. The molecule has 0 aliphatic carbocycles. The first-order valence-corrected chi connectivity index (χ1v) is 12.0. The normalized spacial score (nSPS) is 14.5. The van der Waals surface area contributed by atoms with Crippen molar-refractivity contribution in [3.05, 3.63) is 108 Å². The molecule has 0 radical (unpaired) electrons. The number of nitro groups is 1. The Bertz CT molecular complexity index is 1410. The number of thioether (sulfide) groups is 1. The van der Waals surface area contributed by atoms with Gasteiger partial charge in [-0.2, -0.15) is 0 Å². The summed E-state index contributed by atoms with van der Waals surface area (Å²) in [5.41, 5.74) is 0.680. The summed E-state index contributed by atoms with van der Waals surface area (Å²) in [6, 6.07) is 17.0. The van der Waals surface area contributed by atoms with Crippen molar-refractivity contribution in [2.45, 2.75) is 6.54 Å². The van der Waals surface area contributed by atoms with Crippen LogP contribution in [-0.2, 0) is 11.3 Å². The lowest BCUT2D eigenvalue weighted by atomic mass is 10.1. The number of nitro benzene ring substituents is 1. The van der Waals surface area contributed by atoms with Crippen LogP contribution in [0.3, 0.4) is 0 Å². The van der Waals surface area contributed by atoms with Crippen LogP contribution in [-0.4, -0.2) is 26.9 Å². The number of carbonyl (C=O) groups is 3. The first kappa shape index (κ1) is 24.6. The summed E-state index contributed by atoms with van der Waals surface area (Å²) in [6.45, 7) is -0.242. The molecular weight excluding hydrogens is 560 g/mol. The standard InChI is InChI=1S/C24H14BrClN2O6S/c25-17-8-9-20(34-23(30)14-5-3-6-18(26)11-14)16(10-17)12-21-22(29)27(24(31)35-21)13-15-4-1-2-7-19(15)28(32)33/h1-12H,13H2/b21-12-. The summed E-state index contributed by atoms with van der Waals surface area (Å²) in [5, 5.41) is 11.1. The molecule has 0 spiro atoms. The third-order valence-electron chi connectivity index (χ3n) is 4.91. The van der Waals surface area contributed by atoms with E-state index >= 15 is 0 Å². The topological polar surface area (TPSA) is 107 Å². The molecule has 4 rings (SSSR count). The second-order valence-corrected chi connectivity index (χ2v) is 9.58. The number of para-hydroxylation sites is 1. The number of ether oxygens (including phenoxy) is 1. The zero-order valence-corrected chi connectivity index (χ0v) is 20.8. The van der Waals surface area contributed by atoms with Crippen LogP contribution in [0, 0.1) is 10.1 Å². The van der Waals surface area contributed by atoms with Crippen LogP contribution < -0.4 is 4.74 Å². The Morgan fingerprint density at radius 1 is 1.11 bits per heavy atom. The van der Waals surface area contributed by atoms with Crippen LogP contribution in [0.5, 0.6) is 5.75 Å². The number of hydrogen-bond acceptors (Lipinski definition) is 7. The van der Waals surface area contributed by atoms with Gasteiger partial charge in [-0.15, -0.1) is 0 Å². The fourth-order valence-corrected chi connectivity index (χ4v) is 4.67. The van der Waals surface area contributed by atoms with Gasteiger partial charge in [-0.05, 0) is 54.2 Å². The summed E-state index contributed by atoms with van der Waals surface area (Å²) < 4.78 is 6.18.